The third-order valence-electron chi connectivity index (χ3n) is 3.01. The number of hydrogen-bond donors (Lipinski definition) is 0. The van der Waals surface area contributed by atoms with Crippen LogP contribution in [0.5, 0.6) is 0 Å². The predicted octanol–water partition coefficient (Wildman–Crippen LogP) is 1.85. The number of carbonyl (C=O) groups excluding carboxylic acids is 1. The van der Waals surface area contributed by atoms with Crippen LogP contribution in [-0.2, 0) is 9.53 Å². The molecule has 2 aromatic rings. The molecule has 0 aliphatic rings. The van der Waals surface area contributed by atoms with E-state index < -0.39 is 0 Å². The summed E-state index contributed by atoms with van der Waals surface area (Å²) in [6.07, 6.45) is 3.49. The molecule has 108 valence electrons. The van der Waals surface area contributed by atoms with Gasteiger partial charge in [-0.3, -0.25) is 4.79 Å². The number of esters is 1. The molecule has 0 atom stereocenters. The largest absolute Gasteiger partial charge is 0.465 e. The van der Waals surface area contributed by atoms with E-state index in [1.54, 1.807) is 22.5 Å². The molecule has 2 rings (SSSR count). The Morgan fingerprint density at radius 1 is 1.50 bits per heavy atom. The fourth-order valence-corrected chi connectivity index (χ4v) is 1.98. The van der Waals surface area contributed by atoms with Gasteiger partial charge in [0.25, 0.3) is 0 Å². The molecule has 0 saturated carbocycles. The highest BCUT2D eigenvalue weighted by atomic mass is 16.5. The monoisotopic (exact) mass is 276 g/mol. The molecule has 0 aliphatic carbocycles. The third kappa shape index (κ3) is 2.89. The smallest absolute Gasteiger partial charge is 0.325 e. The molecule has 20 heavy (non-hydrogen) atoms. The van der Waals surface area contributed by atoms with Crippen molar-refractivity contribution in [1.29, 1.82) is 0 Å². The van der Waals surface area contributed by atoms with E-state index in [2.05, 4.69) is 23.9 Å². The van der Waals surface area contributed by atoms with Crippen molar-refractivity contribution >= 4 is 17.3 Å². The van der Waals surface area contributed by atoms with Gasteiger partial charge in [0.1, 0.15) is 12.1 Å². The van der Waals surface area contributed by atoms with Crippen LogP contribution in [0.2, 0.25) is 0 Å². The van der Waals surface area contributed by atoms with Crippen LogP contribution in [0.25, 0.3) is 5.52 Å². The van der Waals surface area contributed by atoms with Crippen molar-refractivity contribution < 1.29 is 9.53 Å². The zero-order chi connectivity index (χ0) is 14.7. The number of ether oxygens (including phenoxy) is 1. The summed E-state index contributed by atoms with van der Waals surface area (Å²) in [6.45, 7) is 6.54. The normalized spacial score (nSPS) is 11.1. The Bertz CT molecular complexity index is 606. The highest BCUT2D eigenvalue weighted by molar-refractivity contribution is 5.78. The molecule has 2 heterocycles. The van der Waals surface area contributed by atoms with Crippen LogP contribution in [0.3, 0.4) is 0 Å². The molecular weight excluding hydrogens is 256 g/mol. The molecule has 0 bridgehead atoms. The second-order valence-electron chi connectivity index (χ2n) is 4.97. The van der Waals surface area contributed by atoms with Gasteiger partial charge in [-0.1, -0.05) is 13.8 Å². The number of fused-ring (bicyclic) bond motifs is 1. The van der Waals surface area contributed by atoms with Crippen molar-refractivity contribution in [2.45, 2.75) is 26.7 Å². The van der Waals surface area contributed by atoms with Crippen molar-refractivity contribution in [3.8, 4) is 0 Å². The van der Waals surface area contributed by atoms with E-state index in [1.165, 1.54) is 0 Å². The summed E-state index contributed by atoms with van der Waals surface area (Å²) in [5.74, 6) is 0.806. The lowest BCUT2D eigenvalue weighted by Crippen LogP contribution is -2.28. The predicted molar refractivity (Wildman–Crippen MR) is 77.0 cm³/mol. The summed E-state index contributed by atoms with van der Waals surface area (Å²) in [4.78, 5) is 17.7. The van der Waals surface area contributed by atoms with Gasteiger partial charge in [0.2, 0.25) is 0 Å². The summed E-state index contributed by atoms with van der Waals surface area (Å²) in [7, 11) is 1.82. The maximum Gasteiger partial charge on any atom is 0.325 e. The van der Waals surface area contributed by atoms with Crippen LogP contribution < -0.4 is 4.90 Å². The molecule has 0 spiro atoms. The first kappa shape index (κ1) is 14.3. The summed E-state index contributed by atoms with van der Waals surface area (Å²) in [6, 6.07) is 2.01. The topological polar surface area (TPSA) is 59.7 Å². The molecule has 0 unspecified atom stereocenters. The summed E-state index contributed by atoms with van der Waals surface area (Å²) >= 11 is 0. The number of anilines is 1. The minimum atomic E-state index is -0.262. The summed E-state index contributed by atoms with van der Waals surface area (Å²) in [5, 5.41) is 4.50. The number of aromatic nitrogens is 3. The van der Waals surface area contributed by atoms with Gasteiger partial charge in [0, 0.05) is 19.4 Å². The van der Waals surface area contributed by atoms with Crippen LogP contribution in [0, 0.1) is 0 Å². The van der Waals surface area contributed by atoms with Crippen molar-refractivity contribution in [2.24, 2.45) is 0 Å². The average molecular weight is 276 g/mol. The Labute approximate surface area is 118 Å². The maximum atomic E-state index is 11.6. The number of likely N-dealkylation sites (N-methyl/N-ethyl adjacent to an activating group) is 1. The van der Waals surface area contributed by atoms with Gasteiger partial charge >= 0.3 is 5.97 Å². The van der Waals surface area contributed by atoms with E-state index in [9.17, 15) is 4.79 Å². The zero-order valence-corrected chi connectivity index (χ0v) is 12.3. The number of nitrogens with zero attached hydrogens (tertiary/aromatic N) is 4. The Kier molecular flexibility index (Phi) is 4.22. The van der Waals surface area contributed by atoms with Crippen molar-refractivity contribution in [2.75, 3.05) is 25.1 Å². The van der Waals surface area contributed by atoms with Crippen molar-refractivity contribution in [1.82, 2.24) is 14.6 Å². The fraction of sp³-hybridized carbons (Fsp3) is 0.500. The summed E-state index contributed by atoms with van der Waals surface area (Å²) in [5.41, 5.74) is 1.90. The second-order valence-corrected chi connectivity index (χ2v) is 4.97. The lowest BCUT2D eigenvalue weighted by Gasteiger charge is -2.17. The molecule has 0 amide bonds. The third-order valence-corrected chi connectivity index (χ3v) is 3.01. The highest BCUT2D eigenvalue weighted by Gasteiger charge is 2.15. The second kappa shape index (κ2) is 5.90. The molecule has 0 fully saturated rings. The van der Waals surface area contributed by atoms with Crippen molar-refractivity contribution in [3.05, 3.63) is 24.2 Å². The van der Waals surface area contributed by atoms with Crippen LogP contribution in [0.15, 0.2) is 18.5 Å². The molecule has 0 aliphatic heterocycles. The number of rotatable bonds is 5. The Morgan fingerprint density at radius 3 is 2.90 bits per heavy atom. The van der Waals surface area contributed by atoms with E-state index in [-0.39, 0.29) is 12.5 Å². The van der Waals surface area contributed by atoms with Gasteiger partial charge in [0.15, 0.2) is 5.82 Å². The van der Waals surface area contributed by atoms with E-state index in [0.717, 1.165) is 17.0 Å². The first-order chi connectivity index (χ1) is 9.52. The first-order valence-electron chi connectivity index (χ1n) is 6.74. The Hall–Kier alpha value is -2.11. The van der Waals surface area contributed by atoms with Gasteiger partial charge < -0.3 is 9.64 Å². The molecular formula is C14H20N4O2. The molecule has 6 heteroatoms. The SMILES string of the molecule is CCOC(=O)CN(C)c1nccn2nc(C(C)C)cc12. The van der Waals surface area contributed by atoms with Gasteiger partial charge in [0.05, 0.1) is 12.3 Å². The Morgan fingerprint density at radius 2 is 2.25 bits per heavy atom. The van der Waals surface area contributed by atoms with Crippen LogP contribution >= 0.6 is 0 Å². The highest BCUT2D eigenvalue weighted by Crippen LogP contribution is 2.21. The first-order valence-corrected chi connectivity index (χ1v) is 6.74. The number of carbonyl (C=O) groups is 1. The minimum absolute atomic E-state index is 0.169. The minimum Gasteiger partial charge on any atom is -0.465 e. The van der Waals surface area contributed by atoms with E-state index in [4.69, 9.17) is 4.74 Å². The van der Waals surface area contributed by atoms with Gasteiger partial charge in [-0.15, -0.1) is 0 Å². The van der Waals surface area contributed by atoms with E-state index in [1.807, 2.05) is 19.3 Å². The van der Waals surface area contributed by atoms with Crippen LogP contribution in [0.4, 0.5) is 5.82 Å². The van der Waals surface area contributed by atoms with Gasteiger partial charge in [-0.25, -0.2) is 9.50 Å². The summed E-state index contributed by atoms with van der Waals surface area (Å²) < 4.78 is 6.75. The number of hydrogen-bond acceptors (Lipinski definition) is 5. The molecule has 2 aromatic heterocycles. The molecule has 0 radical (unpaired) electrons. The van der Waals surface area contributed by atoms with Gasteiger partial charge in [-0.2, -0.15) is 5.10 Å². The van der Waals surface area contributed by atoms with Crippen LogP contribution in [0.1, 0.15) is 32.4 Å². The lowest BCUT2D eigenvalue weighted by molar-refractivity contribution is -0.141. The lowest BCUT2D eigenvalue weighted by atomic mass is 10.1. The molecule has 0 N–H and O–H groups in total. The average Bonchev–Trinajstić information content (AvgIpc) is 2.82. The van der Waals surface area contributed by atoms with E-state index in [0.29, 0.717) is 12.5 Å². The van der Waals surface area contributed by atoms with Crippen LogP contribution in [-0.4, -0.2) is 40.8 Å². The standard InChI is InChI=1S/C14H20N4O2/c1-5-20-13(19)9-17(4)14-12-8-11(10(2)3)16-18(12)7-6-15-14/h6-8,10H,5,9H2,1-4H3. The Balaban J connectivity index is 2.31. The van der Waals surface area contributed by atoms with Crippen molar-refractivity contribution in [3.63, 3.8) is 0 Å². The fourth-order valence-electron chi connectivity index (χ4n) is 1.98. The molecule has 0 aromatic carbocycles. The van der Waals surface area contributed by atoms with Gasteiger partial charge in [-0.05, 0) is 18.9 Å². The zero-order valence-electron chi connectivity index (χ0n) is 12.3. The molecule has 0 saturated heterocycles. The quantitative estimate of drug-likeness (QED) is 0.780. The van der Waals surface area contributed by atoms with E-state index >= 15 is 0 Å². The molecule has 6 nitrogen and oxygen atoms in total. The maximum absolute atomic E-state index is 11.6.